The average Bonchev–Trinajstić information content (AvgIpc) is 3.47. The summed E-state index contributed by atoms with van der Waals surface area (Å²) >= 11 is 0. The molecule has 2 unspecified atom stereocenters. The van der Waals surface area contributed by atoms with Gasteiger partial charge in [-0.1, -0.05) is 30.3 Å². The van der Waals surface area contributed by atoms with E-state index >= 15 is 0 Å². The van der Waals surface area contributed by atoms with Gasteiger partial charge in [0, 0.05) is 30.3 Å². The van der Waals surface area contributed by atoms with E-state index < -0.39 is 6.09 Å². The third kappa shape index (κ3) is 3.08. The van der Waals surface area contributed by atoms with Gasteiger partial charge >= 0.3 is 6.09 Å². The molecule has 1 aromatic heterocycles. The lowest BCUT2D eigenvalue weighted by Gasteiger charge is -2.43. The van der Waals surface area contributed by atoms with Crippen LogP contribution in [0.1, 0.15) is 42.8 Å². The molecule has 0 radical (unpaired) electrons. The first kappa shape index (κ1) is 19.1. The van der Waals surface area contributed by atoms with Gasteiger partial charge in [0.25, 0.3) is 0 Å². The number of likely N-dealkylation sites (tertiary alicyclic amines) is 1. The van der Waals surface area contributed by atoms with E-state index in [1.54, 1.807) is 0 Å². The Labute approximate surface area is 186 Å². The molecule has 7 heteroatoms. The fraction of sp³-hybridized carbons (Fsp3) is 0.280. The van der Waals surface area contributed by atoms with E-state index in [0.29, 0.717) is 18.3 Å². The number of aromatic nitrogens is 2. The maximum Gasteiger partial charge on any atom is 0.412 e. The fourth-order valence-corrected chi connectivity index (χ4v) is 5.09. The van der Waals surface area contributed by atoms with Crippen LogP contribution in [0.4, 0.5) is 4.79 Å². The van der Waals surface area contributed by atoms with Crippen molar-refractivity contribution >= 4 is 12.2 Å². The minimum absolute atomic E-state index is 0.343. The molecule has 7 nitrogen and oxygen atoms in total. The standard InChI is InChI=1S/C25H25N5O2/c1-25(29-13-5-8-20(29)17-6-3-2-4-7-17)12-11-23-26-16-21(30(23)28-25)18-9-10-22-19(14-18)15-27-24(31)32-22/h2-4,6-7,9-12,14,16,20,28H,5,8,13,15H2,1H3,(H,27,31). The molecule has 1 saturated heterocycles. The Bertz CT molecular complexity index is 1220. The minimum Gasteiger partial charge on any atom is -0.410 e. The Hall–Kier alpha value is -3.58. The molecule has 32 heavy (non-hydrogen) atoms. The maximum atomic E-state index is 11.5. The number of hydrogen-bond donors (Lipinski definition) is 2. The number of nitrogens with zero attached hydrogens (tertiary/aromatic N) is 3. The van der Waals surface area contributed by atoms with E-state index in [2.05, 4.69) is 80.8 Å². The summed E-state index contributed by atoms with van der Waals surface area (Å²) < 4.78 is 7.34. The van der Waals surface area contributed by atoms with Crippen LogP contribution >= 0.6 is 0 Å². The third-order valence-corrected chi connectivity index (χ3v) is 6.70. The lowest BCUT2D eigenvalue weighted by atomic mass is 10.0. The van der Waals surface area contributed by atoms with Crippen molar-refractivity contribution in [2.45, 2.75) is 38.0 Å². The Morgan fingerprint density at radius 3 is 2.94 bits per heavy atom. The van der Waals surface area contributed by atoms with Gasteiger partial charge in [0.15, 0.2) is 5.82 Å². The van der Waals surface area contributed by atoms with Crippen LogP contribution in [0.2, 0.25) is 0 Å². The van der Waals surface area contributed by atoms with Crippen molar-refractivity contribution in [3.8, 4) is 17.0 Å². The van der Waals surface area contributed by atoms with E-state index in [4.69, 9.17) is 4.74 Å². The number of benzene rings is 2. The van der Waals surface area contributed by atoms with Crippen LogP contribution in [-0.4, -0.2) is 32.9 Å². The molecule has 0 spiro atoms. The zero-order chi connectivity index (χ0) is 21.7. The molecule has 1 amide bonds. The largest absolute Gasteiger partial charge is 0.412 e. The summed E-state index contributed by atoms with van der Waals surface area (Å²) in [4.78, 5) is 18.7. The molecule has 0 saturated carbocycles. The Kier molecular flexibility index (Phi) is 4.33. The molecule has 2 aromatic carbocycles. The summed E-state index contributed by atoms with van der Waals surface area (Å²) in [5.74, 6) is 1.48. The third-order valence-electron chi connectivity index (χ3n) is 6.70. The van der Waals surface area contributed by atoms with Gasteiger partial charge in [-0.3, -0.25) is 4.90 Å². The number of nitrogens with one attached hydrogen (secondary N) is 2. The summed E-state index contributed by atoms with van der Waals surface area (Å²) in [5, 5.41) is 2.73. The SMILES string of the molecule is CC1(N2CCCC2c2ccccc2)C=Cc2ncc(-c3ccc4c(c3)CNC(=O)O4)n2N1. The highest BCUT2D eigenvalue weighted by Gasteiger charge is 2.40. The van der Waals surface area contributed by atoms with Crippen molar-refractivity contribution < 1.29 is 9.53 Å². The van der Waals surface area contributed by atoms with Crippen LogP contribution in [-0.2, 0) is 6.54 Å². The lowest BCUT2D eigenvalue weighted by molar-refractivity contribution is 0.140. The predicted molar refractivity (Wildman–Crippen MR) is 122 cm³/mol. The second-order valence-electron chi connectivity index (χ2n) is 8.76. The molecular formula is C25H25N5O2. The first-order valence-electron chi connectivity index (χ1n) is 11.1. The van der Waals surface area contributed by atoms with E-state index in [1.807, 2.05) is 18.3 Å². The zero-order valence-electron chi connectivity index (χ0n) is 17.9. The van der Waals surface area contributed by atoms with Gasteiger partial charge in [-0.2, -0.15) is 0 Å². The second kappa shape index (κ2) is 7.24. The Morgan fingerprint density at radius 1 is 1.19 bits per heavy atom. The smallest absolute Gasteiger partial charge is 0.410 e. The number of fused-ring (bicyclic) bond motifs is 2. The second-order valence-corrected chi connectivity index (χ2v) is 8.76. The number of amides is 1. The maximum absolute atomic E-state index is 11.5. The number of imidazole rings is 1. The van der Waals surface area contributed by atoms with Crippen molar-refractivity contribution in [1.82, 2.24) is 19.9 Å². The molecule has 0 bridgehead atoms. The van der Waals surface area contributed by atoms with Gasteiger partial charge in [-0.25, -0.2) is 14.5 Å². The molecular weight excluding hydrogens is 402 g/mol. The first-order chi connectivity index (χ1) is 15.6. The highest BCUT2D eigenvalue weighted by molar-refractivity contribution is 5.74. The van der Waals surface area contributed by atoms with E-state index in [1.165, 1.54) is 12.0 Å². The topological polar surface area (TPSA) is 71.4 Å². The van der Waals surface area contributed by atoms with Crippen molar-refractivity contribution in [3.05, 3.63) is 77.8 Å². The summed E-state index contributed by atoms with van der Waals surface area (Å²) in [6.07, 6.45) is 8.12. The van der Waals surface area contributed by atoms with E-state index in [-0.39, 0.29) is 5.66 Å². The molecule has 4 heterocycles. The van der Waals surface area contributed by atoms with Crippen molar-refractivity contribution in [3.63, 3.8) is 0 Å². The molecule has 162 valence electrons. The van der Waals surface area contributed by atoms with E-state index in [0.717, 1.165) is 35.6 Å². The molecule has 6 rings (SSSR count). The van der Waals surface area contributed by atoms with Gasteiger partial charge in [-0.05, 0) is 55.7 Å². The molecule has 3 aromatic rings. The van der Waals surface area contributed by atoms with Crippen molar-refractivity contribution in [2.75, 3.05) is 12.0 Å². The Balaban J connectivity index is 1.33. The Morgan fingerprint density at radius 2 is 2.06 bits per heavy atom. The van der Waals surface area contributed by atoms with E-state index in [9.17, 15) is 4.79 Å². The summed E-state index contributed by atoms with van der Waals surface area (Å²) in [6.45, 7) is 3.72. The van der Waals surface area contributed by atoms with Gasteiger partial charge in [0.2, 0.25) is 0 Å². The van der Waals surface area contributed by atoms with Crippen molar-refractivity contribution in [1.29, 1.82) is 0 Å². The predicted octanol–water partition coefficient (Wildman–Crippen LogP) is 4.28. The lowest BCUT2D eigenvalue weighted by Crippen LogP contribution is -2.54. The fourth-order valence-electron chi connectivity index (χ4n) is 5.09. The number of carbonyl (C=O) groups is 1. The number of carbonyl (C=O) groups excluding carboxylic acids is 1. The quantitative estimate of drug-likeness (QED) is 0.653. The zero-order valence-corrected chi connectivity index (χ0v) is 17.9. The number of rotatable bonds is 3. The van der Waals surface area contributed by atoms with Crippen LogP contribution in [0.25, 0.3) is 17.3 Å². The summed E-state index contributed by atoms with van der Waals surface area (Å²) in [6, 6.07) is 17.0. The van der Waals surface area contributed by atoms with Gasteiger partial charge < -0.3 is 15.5 Å². The van der Waals surface area contributed by atoms with Crippen LogP contribution in [0, 0.1) is 0 Å². The molecule has 2 N–H and O–H groups in total. The van der Waals surface area contributed by atoms with Gasteiger partial charge in [0.05, 0.1) is 11.9 Å². The van der Waals surface area contributed by atoms with Gasteiger partial charge in [0.1, 0.15) is 11.4 Å². The minimum atomic E-state index is -0.409. The van der Waals surface area contributed by atoms with Crippen LogP contribution < -0.4 is 15.5 Å². The molecule has 0 aliphatic carbocycles. The number of ether oxygens (including phenoxy) is 1. The number of hydrogen-bond acceptors (Lipinski definition) is 5. The average molecular weight is 428 g/mol. The monoisotopic (exact) mass is 427 g/mol. The van der Waals surface area contributed by atoms with Crippen LogP contribution in [0.15, 0.2) is 60.8 Å². The molecule has 3 aliphatic heterocycles. The van der Waals surface area contributed by atoms with Gasteiger partial charge in [-0.15, -0.1) is 0 Å². The van der Waals surface area contributed by atoms with Crippen LogP contribution in [0.3, 0.4) is 0 Å². The summed E-state index contributed by atoms with van der Waals surface area (Å²) in [7, 11) is 0. The van der Waals surface area contributed by atoms with Crippen molar-refractivity contribution in [2.24, 2.45) is 0 Å². The molecule has 1 fully saturated rings. The summed E-state index contributed by atoms with van der Waals surface area (Å²) in [5.41, 5.74) is 7.71. The highest BCUT2D eigenvalue weighted by atomic mass is 16.6. The molecule has 3 aliphatic rings. The highest BCUT2D eigenvalue weighted by Crippen LogP contribution is 2.39. The van der Waals surface area contributed by atoms with Crippen LogP contribution in [0.5, 0.6) is 5.75 Å². The first-order valence-corrected chi connectivity index (χ1v) is 11.1. The molecule has 2 atom stereocenters. The normalized spacial score (nSPS) is 24.3.